The molecule has 1 aromatic carbocycles. The second-order valence-corrected chi connectivity index (χ2v) is 7.89. The van der Waals surface area contributed by atoms with Crippen LogP contribution in [0.2, 0.25) is 5.02 Å². The Kier molecular flexibility index (Phi) is 4.43. The highest BCUT2D eigenvalue weighted by molar-refractivity contribution is 6.30. The van der Waals surface area contributed by atoms with Gasteiger partial charge in [0, 0.05) is 17.0 Å². The van der Waals surface area contributed by atoms with Gasteiger partial charge in [0.25, 0.3) is 0 Å². The lowest BCUT2D eigenvalue weighted by Gasteiger charge is -2.29. The zero-order valence-corrected chi connectivity index (χ0v) is 14.6. The van der Waals surface area contributed by atoms with Crippen molar-refractivity contribution in [2.24, 2.45) is 23.7 Å². The maximum absolute atomic E-state index is 12.7. The number of rotatable bonds is 5. The molecule has 2 bridgehead atoms. The molecular formula is C19H22ClNO3. The fraction of sp³-hybridized carbons (Fsp3) is 0.474. The monoisotopic (exact) mass is 347 g/mol. The van der Waals surface area contributed by atoms with Crippen LogP contribution in [-0.2, 0) is 15.0 Å². The second-order valence-electron chi connectivity index (χ2n) is 7.45. The van der Waals surface area contributed by atoms with Gasteiger partial charge in [-0.25, -0.2) is 0 Å². The number of hydrogen-bond acceptors (Lipinski definition) is 2. The lowest BCUT2D eigenvalue weighted by Crippen LogP contribution is -2.44. The molecule has 0 saturated heterocycles. The molecule has 1 saturated carbocycles. The molecule has 0 aromatic heterocycles. The molecule has 3 rings (SSSR count). The normalized spacial score (nSPS) is 28.1. The van der Waals surface area contributed by atoms with Crippen molar-refractivity contribution in [3.63, 3.8) is 0 Å². The summed E-state index contributed by atoms with van der Waals surface area (Å²) in [6.45, 7) is 4.51. The first-order chi connectivity index (χ1) is 11.3. The highest BCUT2D eigenvalue weighted by Gasteiger charge is 2.51. The molecule has 5 heteroatoms. The third kappa shape index (κ3) is 3.07. The van der Waals surface area contributed by atoms with Gasteiger partial charge in [-0.15, -0.1) is 0 Å². The second kappa shape index (κ2) is 6.25. The van der Waals surface area contributed by atoms with Gasteiger partial charge in [-0.1, -0.05) is 49.7 Å². The summed E-state index contributed by atoms with van der Waals surface area (Å²) in [7, 11) is 0. The summed E-state index contributed by atoms with van der Waals surface area (Å²) in [6.07, 6.45) is 4.71. The number of hydrogen-bond donors (Lipinski definition) is 2. The van der Waals surface area contributed by atoms with E-state index in [0.717, 1.165) is 12.0 Å². The van der Waals surface area contributed by atoms with Gasteiger partial charge in [0.15, 0.2) is 0 Å². The number of allylic oxidation sites excluding steroid dienone is 2. The van der Waals surface area contributed by atoms with Crippen molar-refractivity contribution in [2.45, 2.75) is 25.7 Å². The minimum atomic E-state index is -0.874. The number of carboxylic acid groups (broad SMARTS) is 1. The Morgan fingerprint density at radius 1 is 1.25 bits per heavy atom. The van der Waals surface area contributed by atoms with Crippen LogP contribution in [0.1, 0.15) is 25.8 Å². The van der Waals surface area contributed by atoms with E-state index in [9.17, 15) is 14.7 Å². The number of fused-ring (bicyclic) bond motifs is 2. The Balaban J connectivity index is 1.69. The van der Waals surface area contributed by atoms with E-state index in [1.165, 1.54) is 0 Å². The molecular weight excluding hydrogens is 326 g/mol. The zero-order valence-electron chi connectivity index (χ0n) is 13.8. The molecule has 1 fully saturated rings. The highest BCUT2D eigenvalue weighted by Crippen LogP contribution is 2.48. The van der Waals surface area contributed by atoms with Gasteiger partial charge in [-0.3, -0.25) is 9.59 Å². The van der Waals surface area contributed by atoms with E-state index in [-0.39, 0.29) is 23.2 Å². The van der Waals surface area contributed by atoms with Gasteiger partial charge in [0.1, 0.15) is 0 Å². The van der Waals surface area contributed by atoms with Crippen LogP contribution in [0.25, 0.3) is 0 Å². The van der Waals surface area contributed by atoms with Crippen molar-refractivity contribution in [3.05, 3.63) is 47.0 Å². The summed E-state index contributed by atoms with van der Waals surface area (Å²) >= 11 is 6.05. The molecule has 2 N–H and O–H groups in total. The van der Waals surface area contributed by atoms with Crippen molar-refractivity contribution in [2.75, 3.05) is 6.54 Å². The first-order valence-corrected chi connectivity index (χ1v) is 8.62. The maximum atomic E-state index is 12.7. The number of carbonyl (C=O) groups is 2. The van der Waals surface area contributed by atoms with E-state index in [1.54, 1.807) is 0 Å². The van der Waals surface area contributed by atoms with Crippen molar-refractivity contribution in [1.29, 1.82) is 0 Å². The summed E-state index contributed by atoms with van der Waals surface area (Å²) in [5.74, 6) is -2.06. The lowest BCUT2D eigenvalue weighted by atomic mass is 9.81. The highest BCUT2D eigenvalue weighted by atomic mass is 35.5. The van der Waals surface area contributed by atoms with Crippen LogP contribution in [0.15, 0.2) is 36.4 Å². The molecule has 128 valence electrons. The van der Waals surface area contributed by atoms with Crippen LogP contribution < -0.4 is 5.32 Å². The molecule has 2 aliphatic carbocycles. The van der Waals surface area contributed by atoms with Crippen molar-refractivity contribution >= 4 is 23.5 Å². The predicted octanol–water partition coefficient (Wildman–Crippen LogP) is 3.26. The van der Waals surface area contributed by atoms with Crippen molar-refractivity contribution < 1.29 is 14.7 Å². The quantitative estimate of drug-likeness (QED) is 0.803. The van der Waals surface area contributed by atoms with Gasteiger partial charge >= 0.3 is 5.97 Å². The van der Waals surface area contributed by atoms with E-state index >= 15 is 0 Å². The van der Waals surface area contributed by atoms with Gasteiger partial charge in [0.2, 0.25) is 5.91 Å². The number of halogens is 1. The SMILES string of the molecule is CC(C)(CNC(=O)C1C2C=CC(C2)C1C(=O)O)c1cccc(Cl)c1. The summed E-state index contributed by atoms with van der Waals surface area (Å²) in [4.78, 5) is 24.2. The molecule has 0 spiro atoms. The lowest BCUT2D eigenvalue weighted by molar-refractivity contribution is -0.147. The van der Waals surface area contributed by atoms with Gasteiger partial charge < -0.3 is 10.4 Å². The minimum Gasteiger partial charge on any atom is -0.481 e. The Bertz CT molecular complexity index is 698. The van der Waals surface area contributed by atoms with Crippen LogP contribution in [0.3, 0.4) is 0 Å². The van der Waals surface area contributed by atoms with Gasteiger partial charge in [-0.05, 0) is 36.0 Å². The molecule has 4 unspecified atom stereocenters. The van der Waals surface area contributed by atoms with Crippen molar-refractivity contribution in [3.8, 4) is 0 Å². The standard InChI is InChI=1S/C19H22ClNO3/c1-19(2,13-4-3-5-14(20)9-13)10-21-17(22)15-11-6-7-12(8-11)16(15)18(23)24/h3-7,9,11-12,15-16H,8,10H2,1-2H3,(H,21,22)(H,23,24). The smallest absolute Gasteiger partial charge is 0.307 e. The summed E-state index contributed by atoms with van der Waals surface area (Å²) in [5.41, 5.74) is 0.755. The summed E-state index contributed by atoms with van der Waals surface area (Å²) in [5, 5.41) is 13.1. The molecule has 0 radical (unpaired) electrons. The first-order valence-electron chi connectivity index (χ1n) is 8.24. The maximum Gasteiger partial charge on any atom is 0.307 e. The third-order valence-electron chi connectivity index (χ3n) is 5.36. The molecule has 1 amide bonds. The molecule has 4 nitrogen and oxygen atoms in total. The number of nitrogens with one attached hydrogen (secondary N) is 1. The molecule has 0 aliphatic heterocycles. The summed E-state index contributed by atoms with van der Waals surface area (Å²) < 4.78 is 0. The Morgan fingerprint density at radius 3 is 2.54 bits per heavy atom. The van der Waals surface area contributed by atoms with Gasteiger partial charge in [-0.2, -0.15) is 0 Å². The van der Waals surface area contributed by atoms with Crippen LogP contribution in [0.4, 0.5) is 0 Å². The molecule has 0 heterocycles. The van der Waals surface area contributed by atoms with Crippen LogP contribution in [0, 0.1) is 23.7 Å². The molecule has 24 heavy (non-hydrogen) atoms. The average Bonchev–Trinajstić information content (AvgIpc) is 3.13. The first kappa shape index (κ1) is 17.0. The average molecular weight is 348 g/mol. The topological polar surface area (TPSA) is 66.4 Å². The Morgan fingerprint density at radius 2 is 1.92 bits per heavy atom. The number of carbonyl (C=O) groups excluding carboxylic acids is 1. The Hall–Kier alpha value is -1.81. The Labute approximate surface area is 146 Å². The fourth-order valence-electron chi connectivity index (χ4n) is 3.95. The number of aliphatic carboxylic acids is 1. The van der Waals surface area contributed by atoms with Gasteiger partial charge in [0.05, 0.1) is 11.8 Å². The summed E-state index contributed by atoms with van der Waals surface area (Å²) in [6, 6.07) is 7.59. The zero-order chi connectivity index (χ0) is 17.5. The van der Waals surface area contributed by atoms with E-state index in [2.05, 4.69) is 5.32 Å². The van der Waals surface area contributed by atoms with Crippen LogP contribution in [-0.4, -0.2) is 23.5 Å². The third-order valence-corrected chi connectivity index (χ3v) is 5.59. The molecule has 1 aromatic rings. The van der Waals surface area contributed by atoms with E-state index < -0.39 is 17.8 Å². The number of carboxylic acids is 1. The van der Waals surface area contributed by atoms with E-state index in [0.29, 0.717) is 11.6 Å². The number of benzene rings is 1. The molecule has 4 atom stereocenters. The van der Waals surface area contributed by atoms with Crippen molar-refractivity contribution in [1.82, 2.24) is 5.32 Å². The van der Waals surface area contributed by atoms with E-state index in [4.69, 9.17) is 11.6 Å². The molecule has 2 aliphatic rings. The number of amides is 1. The largest absolute Gasteiger partial charge is 0.481 e. The van der Waals surface area contributed by atoms with Crippen LogP contribution in [0.5, 0.6) is 0 Å². The van der Waals surface area contributed by atoms with Crippen LogP contribution >= 0.6 is 11.6 Å². The predicted molar refractivity (Wildman–Crippen MR) is 92.8 cm³/mol. The van der Waals surface area contributed by atoms with E-state index in [1.807, 2.05) is 50.3 Å². The fourth-order valence-corrected chi connectivity index (χ4v) is 4.14. The minimum absolute atomic E-state index is 0.0100.